The van der Waals surface area contributed by atoms with Gasteiger partial charge in [-0.25, -0.2) is 4.98 Å². The van der Waals surface area contributed by atoms with Crippen LogP contribution in [0.4, 0.5) is 5.69 Å². The molecule has 2 aromatic heterocycles. The van der Waals surface area contributed by atoms with Gasteiger partial charge < -0.3 is 9.88 Å². The zero-order chi connectivity index (χ0) is 15.4. The van der Waals surface area contributed by atoms with Crippen LogP contribution in [0.3, 0.4) is 0 Å². The van der Waals surface area contributed by atoms with Crippen molar-refractivity contribution in [2.24, 2.45) is 0 Å². The normalized spacial score (nSPS) is 10.6. The van der Waals surface area contributed by atoms with E-state index in [-0.39, 0.29) is 12.3 Å². The summed E-state index contributed by atoms with van der Waals surface area (Å²) in [5.41, 5.74) is 1.59. The molecule has 0 spiro atoms. The highest BCUT2D eigenvalue weighted by atomic mass is 32.2. The highest BCUT2D eigenvalue weighted by molar-refractivity contribution is 7.98. The zero-order valence-electron chi connectivity index (χ0n) is 12.0. The van der Waals surface area contributed by atoms with Gasteiger partial charge in [0.15, 0.2) is 5.13 Å². The Morgan fingerprint density at radius 1 is 1.27 bits per heavy atom. The maximum absolute atomic E-state index is 12.1. The van der Waals surface area contributed by atoms with E-state index in [4.69, 9.17) is 0 Å². The summed E-state index contributed by atoms with van der Waals surface area (Å²) in [6.45, 7) is 0. The lowest BCUT2D eigenvalue weighted by molar-refractivity contribution is -0.115. The molecule has 0 radical (unpaired) electrons. The van der Waals surface area contributed by atoms with Crippen LogP contribution in [0.2, 0.25) is 0 Å². The molecule has 3 rings (SSSR count). The summed E-state index contributed by atoms with van der Waals surface area (Å²) in [4.78, 5) is 17.7. The number of aromatic nitrogens is 2. The van der Waals surface area contributed by atoms with Crippen molar-refractivity contribution in [3.8, 4) is 5.13 Å². The Labute approximate surface area is 137 Å². The number of nitrogens with zero attached hydrogens (tertiary/aromatic N) is 2. The molecular weight excluding hydrogens is 314 g/mol. The molecule has 1 amide bonds. The van der Waals surface area contributed by atoms with E-state index in [1.165, 1.54) is 16.2 Å². The van der Waals surface area contributed by atoms with Gasteiger partial charge in [0.25, 0.3) is 0 Å². The number of amides is 1. The number of hydrogen-bond donors (Lipinski definition) is 1. The topological polar surface area (TPSA) is 46.9 Å². The predicted octanol–water partition coefficient (Wildman–Crippen LogP) is 3.84. The Kier molecular flexibility index (Phi) is 4.60. The molecule has 0 fully saturated rings. The van der Waals surface area contributed by atoms with Gasteiger partial charge in [-0.2, -0.15) is 0 Å². The first-order valence-electron chi connectivity index (χ1n) is 6.76. The van der Waals surface area contributed by atoms with Gasteiger partial charge in [0.2, 0.25) is 5.91 Å². The molecule has 0 saturated carbocycles. The van der Waals surface area contributed by atoms with Crippen LogP contribution in [0.1, 0.15) is 5.69 Å². The summed E-state index contributed by atoms with van der Waals surface area (Å²) < 4.78 is 1.94. The lowest BCUT2D eigenvalue weighted by Gasteiger charge is -2.04. The third-order valence-corrected chi connectivity index (χ3v) is 4.73. The molecule has 0 saturated heterocycles. The highest BCUT2D eigenvalue weighted by Crippen LogP contribution is 2.18. The SMILES string of the molecule is CSc1ccc(NC(=O)Cc2csc(-n3cccc3)n2)cc1. The first kappa shape index (κ1) is 14.9. The molecule has 22 heavy (non-hydrogen) atoms. The van der Waals surface area contributed by atoms with E-state index in [1.807, 2.05) is 65.0 Å². The van der Waals surface area contributed by atoms with Crippen molar-refractivity contribution < 1.29 is 4.79 Å². The van der Waals surface area contributed by atoms with Crippen LogP contribution in [0, 0.1) is 0 Å². The zero-order valence-corrected chi connectivity index (χ0v) is 13.7. The Balaban J connectivity index is 1.61. The molecule has 0 aliphatic rings. The Bertz CT molecular complexity index is 748. The minimum Gasteiger partial charge on any atom is -0.326 e. The van der Waals surface area contributed by atoms with Crippen molar-refractivity contribution in [2.75, 3.05) is 11.6 Å². The highest BCUT2D eigenvalue weighted by Gasteiger charge is 2.09. The first-order chi connectivity index (χ1) is 10.7. The van der Waals surface area contributed by atoms with Crippen molar-refractivity contribution in [1.82, 2.24) is 9.55 Å². The maximum atomic E-state index is 12.1. The summed E-state index contributed by atoms with van der Waals surface area (Å²) in [7, 11) is 0. The Hall–Kier alpha value is -2.05. The van der Waals surface area contributed by atoms with Gasteiger partial charge in [0.05, 0.1) is 12.1 Å². The smallest absolute Gasteiger partial charge is 0.230 e. The molecule has 112 valence electrons. The molecule has 6 heteroatoms. The quantitative estimate of drug-likeness (QED) is 0.724. The summed E-state index contributed by atoms with van der Waals surface area (Å²) in [6.07, 6.45) is 6.19. The number of carbonyl (C=O) groups is 1. The van der Waals surface area contributed by atoms with Crippen molar-refractivity contribution in [2.45, 2.75) is 11.3 Å². The molecule has 2 heterocycles. The summed E-state index contributed by atoms with van der Waals surface area (Å²) in [6, 6.07) is 11.7. The molecule has 4 nitrogen and oxygen atoms in total. The lowest BCUT2D eigenvalue weighted by atomic mass is 10.3. The second-order valence-corrected chi connectivity index (χ2v) is 6.38. The monoisotopic (exact) mass is 329 g/mol. The number of thioether (sulfide) groups is 1. The number of rotatable bonds is 5. The summed E-state index contributed by atoms with van der Waals surface area (Å²) in [5.74, 6) is -0.0544. The number of benzene rings is 1. The minimum atomic E-state index is -0.0544. The van der Waals surface area contributed by atoms with Crippen LogP contribution in [0.15, 0.2) is 59.1 Å². The van der Waals surface area contributed by atoms with Gasteiger partial charge >= 0.3 is 0 Å². The van der Waals surface area contributed by atoms with Gasteiger partial charge in [-0.15, -0.1) is 23.1 Å². The molecule has 0 bridgehead atoms. The molecule has 1 N–H and O–H groups in total. The fourth-order valence-corrected chi connectivity index (χ4v) is 3.20. The standard InChI is InChI=1S/C16H15N3OS2/c1-21-14-6-4-12(5-7-14)17-15(20)10-13-11-22-16(18-13)19-8-2-3-9-19/h2-9,11H,10H2,1H3,(H,17,20). The van der Waals surface area contributed by atoms with Crippen molar-refractivity contribution in [1.29, 1.82) is 0 Å². The number of hydrogen-bond acceptors (Lipinski definition) is 4. The van der Waals surface area contributed by atoms with E-state index in [2.05, 4.69) is 10.3 Å². The van der Waals surface area contributed by atoms with Crippen LogP contribution in [0.5, 0.6) is 0 Å². The molecule has 0 aliphatic heterocycles. The molecule has 0 unspecified atom stereocenters. The van der Waals surface area contributed by atoms with Crippen LogP contribution in [-0.2, 0) is 11.2 Å². The van der Waals surface area contributed by atoms with E-state index in [0.717, 1.165) is 16.5 Å². The Morgan fingerprint density at radius 2 is 2.00 bits per heavy atom. The van der Waals surface area contributed by atoms with Crippen LogP contribution in [-0.4, -0.2) is 21.7 Å². The van der Waals surface area contributed by atoms with Crippen LogP contribution in [0.25, 0.3) is 5.13 Å². The third-order valence-electron chi connectivity index (χ3n) is 3.08. The Morgan fingerprint density at radius 3 is 2.68 bits per heavy atom. The number of anilines is 1. The van der Waals surface area contributed by atoms with E-state index in [1.54, 1.807) is 11.8 Å². The average molecular weight is 329 g/mol. The predicted molar refractivity (Wildman–Crippen MR) is 92.0 cm³/mol. The van der Waals surface area contributed by atoms with Crippen molar-refractivity contribution >= 4 is 34.7 Å². The van der Waals surface area contributed by atoms with Gasteiger partial charge in [-0.05, 0) is 42.7 Å². The van der Waals surface area contributed by atoms with Crippen molar-refractivity contribution in [3.05, 3.63) is 59.9 Å². The maximum Gasteiger partial charge on any atom is 0.230 e. The molecule has 0 atom stereocenters. The fraction of sp³-hybridized carbons (Fsp3) is 0.125. The second kappa shape index (κ2) is 6.81. The van der Waals surface area contributed by atoms with Gasteiger partial charge in [-0.1, -0.05) is 0 Å². The molecular formula is C16H15N3OS2. The fourth-order valence-electron chi connectivity index (χ4n) is 2.00. The van der Waals surface area contributed by atoms with Crippen LogP contribution < -0.4 is 5.32 Å². The molecule has 0 aliphatic carbocycles. The number of thiazole rings is 1. The van der Waals surface area contributed by atoms with E-state index in [9.17, 15) is 4.79 Å². The van der Waals surface area contributed by atoms with E-state index in [0.29, 0.717) is 0 Å². The van der Waals surface area contributed by atoms with Crippen molar-refractivity contribution in [3.63, 3.8) is 0 Å². The molecule has 1 aromatic carbocycles. The summed E-state index contributed by atoms with van der Waals surface area (Å²) >= 11 is 3.21. The van der Waals surface area contributed by atoms with Gasteiger partial charge in [-0.3, -0.25) is 4.79 Å². The van der Waals surface area contributed by atoms with Gasteiger partial charge in [0, 0.05) is 28.4 Å². The number of nitrogens with one attached hydrogen (secondary N) is 1. The first-order valence-corrected chi connectivity index (χ1v) is 8.87. The lowest BCUT2D eigenvalue weighted by Crippen LogP contribution is -2.14. The third kappa shape index (κ3) is 3.58. The average Bonchev–Trinajstić information content (AvgIpc) is 3.19. The van der Waals surface area contributed by atoms with E-state index < -0.39 is 0 Å². The second-order valence-electron chi connectivity index (χ2n) is 4.67. The van der Waals surface area contributed by atoms with E-state index >= 15 is 0 Å². The minimum absolute atomic E-state index is 0.0544. The molecule has 3 aromatic rings. The largest absolute Gasteiger partial charge is 0.326 e. The summed E-state index contributed by atoms with van der Waals surface area (Å²) in [5, 5.41) is 5.69. The van der Waals surface area contributed by atoms with Gasteiger partial charge in [0.1, 0.15) is 0 Å². The number of carbonyl (C=O) groups excluding carboxylic acids is 1. The van der Waals surface area contributed by atoms with Crippen LogP contribution >= 0.6 is 23.1 Å².